The molecule has 0 spiro atoms. The van der Waals surface area contributed by atoms with E-state index in [2.05, 4.69) is 5.10 Å². The van der Waals surface area contributed by atoms with E-state index < -0.39 is 23.1 Å². The largest absolute Gasteiger partial charge is 0.358 e. The average molecular weight is 206 g/mol. The molecule has 1 atom stereocenters. The number of rotatable bonds is 4. The van der Waals surface area contributed by atoms with Gasteiger partial charge in [-0.15, -0.1) is 5.10 Å². The summed E-state index contributed by atoms with van der Waals surface area (Å²) in [6.07, 6.45) is -2.68. The van der Waals surface area contributed by atoms with Crippen molar-refractivity contribution < 1.29 is 13.7 Å². The SMILES string of the molecule is NCC(c1cc([N+](=O)[O-])[nH]n1)C(F)F. The maximum absolute atomic E-state index is 12.3. The van der Waals surface area contributed by atoms with Crippen LogP contribution in [0, 0.1) is 10.1 Å². The van der Waals surface area contributed by atoms with Crippen LogP contribution >= 0.6 is 0 Å². The van der Waals surface area contributed by atoms with Crippen LogP contribution in [0.25, 0.3) is 0 Å². The third kappa shape index (κ3) is 2.02. The number of aromatic nitrogens is 2. The van der Waals surface area contributed by atoms with Crippen LogP contribution in [0.15, 0.2) is 6.07 Å². The first-order valence-electron chi connectivity index (χ1n) is 3.74. The highest BCUT2D eigenvalue weighted by Crippen LogP contribution is 2.22. The number of H-pyrrole nitrogens is 1. The first-order valence-corrected chi connectivity index (χ1v) is 3.74. The Morgan fingerprint density at radius 2 is 2.36 bits per heavy atom. The summed E-state index contributed by atoms with van der Waals surface area (Å²) in [6.45, 7) is -0.306. The van der Waals surface area contributed by atoms with Crippen LogP contribution in [0.2, 0.25) is 0 Å². The number of nitrogens with one attached hydrogen (secondary N) is 1. The molecule has 8 heteroatoms. The molecule has 0 aliphatic heterocycles. The zero-order valence-corrected chi connectivity index (χ0v) is 6.98. The maximum atomic E-state index is 12.3. The molecule has 3 N–H and O–H groups in total. The van der Waals surface area contributed by atoms with Gasteiger partial charge in [0.15, 0.2) is 0 Å². The molecule has 14 heavy (non-hydrogen) atoms. The lowest BCUT2D eigenvalue weighted by atomic mass is 10.1. The molecular weight excluding hydrogens is 198 g/mol. The van der Waals surface area contributed by atoms with E-state index in [0.717, 1.165) is 6.07 Å². The molecule has 1 unspecified atom stereocenters. The number of hydrogen-bond acceptors (Lipinski definition) is 4. The first kappa shape index (κ1) is 10.5. The van der Waals surface area contributed by atoms with Crippen LogP contribution in [-0.4, -0.2) is 28.1 Å². The lowest BCUT2D eigenvalue weighted by Gasteiger charge is -2.08. The van der Waals surface area contributed by atoms with E-state index in [1.165, 1.54) is 0 Å². The van der Waals surface area contributed by atoms with Gasteiger partial charge in [-0.1, -0.05) is 5.10 Å². The van der Waals surface area contributed by atoms with Gasteiger partial charge in [-0.2, -0.15) is 0 Å². The van der Waals surface area contributed by atoms with Crippen molar-refractivity contribution >= 4 is 5.82 Å². The number of nitro groups is 1. The molecule has 0 aliphatic carbocycles. The molecule has 1 heterocycles. The van der Waals surface area contributed by atoms with Crippen molar-refractivity contribution in [3.8, 4) is 0 Å². The molecule has 0 aromatic carbocycles. The number of aromatic amines is 1. The van der Waals surface area contributed by atoms with Crippen LogP contribution in [0.4, 0.5) is 14.6 Å². The van der Waals surface area contributed by atoms with Crippen molar-refractivity contribution in [2.45, 2.75) is 12.3 Å². The summed E-state index contributed by atoms with van der Waals surface area (Å²) >= 11 is 0. The van der Waals surface area contributed by atoms with Crippen LogP contribution in [0.1, 0.15) is 11.6 Å². The van der Waals surface area contributed by atoms with Crippen LogP contribution in [0.5, 0.6) is 0 Å². The van der Waals surface area contributed by atoms with Gasteiger partial charge in [0, 0.05) is 6.54 Å². The predicted molar refractivity (Wildman–Crippen MR) is 43.0 cm³/mol. The van der Waals surface area contributed by atoms with Gasteiger partial charge in [0.2, 0.25) is 6.43 Å². The van der Waals surface area contributed by atoms with E-state index in [-0.39, 0.29) is 12.2 Å². The lowest BCUT2D eigenvalue weighted by Crippen LogP contribution is -2.19. The normalized spacial score (nSPS) is 13.1. The van der Waals surface area contributed by atoms with Crippen LogP contribution in [-0.2, 0) is 0 Å². The highest BCUT2D eigenvalue weighted by Gasteiger charge is 2.26. The van der Waals surface area contributed by atoms with E-state index in [0.29, 0.717) is 0 Å². The van der Waals surface area contributed by atoms with Gasteiger partial charge in [0.1, 0.15) is 5.69 Å². The Labute approximate surface area is 77.2 Å². The van der Waals surface area contributed by atoms with Gasteiger partial charge >= 0.3 is 5.82 Å². The van der Waals surface area contributed by atoms with Crippen molar-refractivity contribution in [3.63, 3.8) is 0 Å². The molecule has 0 aliphatic rings. The fraction of sp³-hybridized carbons (Fsp3) is 0.500. The van der Waals surface area contributed by atoms with Gasteiger partial charge in [0.05, 0.1) is 12.0 Å². The topological polar surface area (TPSA) is 97.8 Å². The van der Waals surface area contributed by atoms with E-state index in [4.69, 9.17) is 5.73 Å². The lowest BCUT2D eigenvalue weighted by molar-refractivity contribution is -0.389. The molecule has 6 nitrogen and oxygen atoms in total. The minimum Gasteiger partial charge on any atom is -0.358 e. The summed E-state index contributed by atoms with van der Waals surface area (Å²) in [6, 6.07) is 0.962. The van der Waals surface area contributed by atoms with Gasteiger partial charge < -0.3 is 15.8 Å². The fourth-order valence-electron chi connectivity index (χ4n) is 0.963. The number of halogens is 2. The molecule has 1 aromatic heterocycles. The summed E-state index contributed by atoms with van der Waals surface area (Å²) in [5, 5.41) is 15.7. The Morgan fingerprint density at radius 1 is 1.71 bits per heavy atom. The molecule has 1 aromatic rings. The highest BCUT2D eigenvalue weighted by molar-refractivity contribution is 5.23. The van der Waals surface area contributed by atoms with Gasteiger partial charge in [0.25, 0.3) is 0 Å². The summed E-state index contributed by atoms with van der Waals surface area (Å²) in [5.41, 5.74) is 5.00. The quantitative estimate of drug-likeness (QED) is 0.557. The number of hydrogen-bond donors (Lipinski definition) is 2. The Kier molecular flexibility index (Phi) is 3.07. The van der Waals surface area contributed by atoms with Crippen LogP contribution in [0.3, 0.4) is 0 Å². The van der Waals surface area contributed by atoms with Crippen molar-refractivity contribution in [2.24, 2.45) is 5.73 Å². The third-order valence-corrected chi connectivity index (χ3v) is 1.72. The predicted octanol–water partition coefficient (Wildman–Crippen LogP) is 0.625. The minimum absolute atomic E-state index is 0.0887. The summed E-state index contributed by atoms with van der Waals surface area (Å²) in [4.78, 5) is 9.47. The van der Waals surface area contributed by atoms with E-state index in [1.54, 1.807) is 0 Å². The Bertz CT molecular complexity index is 327. The molecule has 0 radical (unpaired) electrons. The summed E-state index contributed by atoms with van der Waals surface area (Å²) in [5.74, 6) is -1.68. The highest BCUT2D eigenvalue weighted by atomic mass is 19.3. The first-order chi connectivity index (χ1) is 6.56. The monoisotopic (exact) mass is 206 g/mol. The second-order valence-corrected chi connectivity index (χ2v) is 2.61. The maximum Gasteiger partial charge on any atom is 0.342 e. The molecule has 0 saturated heterocycles. The van der Waals surface area contributed by atoms with Crippen molar-refractivity contribution in [1.82, 2.24) is 10.2 Å². The fourth-order valence-corrected chi connectivity index (χ4v) is 0.963. The van der Waals surface area contributed by atoms with Gasteiger partial charge in [-0.3, -0.25) is 0 Å². The molecule has 0 bridgehead atoms. The average Bonchev–Trinajstić information content (AvgIpc) is 2.53. The summed E-state index contributed by atoms with van der Waals surface area (Å²) in [7, 11) is 0. The van der Waals surface area contributed by atoms with Crippen molar-refractivity contribution in [3.05, 3.63) is 21.9 Å². The molecule has 1 rings (SSSR count). The summed E-state index contributed by atoms with van der Waals surface area (Å²) < 4.78 is 24.6. The van der Waals surface area contributed by atoms with Gasteiger partial charge in [-0.05, 0) is 4.92 Å². The third-order valence-electron chi connectivity index (χ3n) is 1.72. The van der Waals surface area contributed by atoms with Crippen molar-refractivity contribution in [2.75, 3.05) is 6.54 Å². The Morgan fingerprint density at radius 3 is 2.71 bits per heavy atom. The molecule has 0 fully saturated rings. The molecular formula is C6H8F2N4O2. The van der Waals surface area contributed by atoms with Crippen molar-refractivity contribution in [1.29, 1.82) is 0 Å². The number of nitrogens with two attached hydrogens (primary N) is 1. The zero-order chi connectivity index (χ0) is 10.7. The number of alkyl halides is 2. The second-order valence-electron chi connectivity index (χ2n) is 2.61. The standard InChI is InChI=1S/C6H8F2N4O2/c7-6(8)3(2-9)4-1-5(11-10-4)12(13)14/h1,3,6H,2,9H2,(H,10,11). The number of nitrogens with zero attached hydrogens (tertiary/aromatic N) is 2. The minimum atomic E-state index is -2.68. The van der Waals surface area contributed by atoms with Crippen LogP contribution < -0.4 is 5.73 Å². The Balaban J connectivity index is 2.89. The van der Waals surface area contributed by atoms with E-state index in [1.807, 2.05) is 5.10 Å². The zero-order valence-electron chi connectivity index (χ0n) is 6.98. The molecule has 0 amide bonds. The molecule has 0 saturated carbocycles. The molecule has 78 valence electrons. The Hall–Kier alpha value is -1.57. The van der Waals surface area contributed by atoms with E-state index >= 15 is 0 Å². The smallest absolute Gasteiger partial charge is 0.342 e. The van der Waals surface area contributed by atoms with Gasteiger partial charge in [-0.25, -0.2) is 8.78 Å². The second kappa shape index (κ2) is 4.09. The van der Waals surface area contributed by atoms with E-state index in [9.17, 15) is 18.9 Å².